The van der Waals surface area contributed by atoms with Crippen molar-refractivity contribution < 1.29 is 25.7 Å². The Hall–Kier alpha value is -2.37. The number of furan rings is 1. The van der Waals surface area contributed by atoms with Crippen molar-refractivity contribution in [1.29, 1.82) is 0 Å². The first-order chi connectivity index (χ1) is 12.3. The van der Waals surface area contributed by atoms with Crippen LogP contribution in [0.25, 0.3) is 11.1 Å². The van der Waals surface area contributed by atoms with Crippen molar-refractivity contribution in [2.24, 2.45) is 0 Å². The molecule has 3 heterocycles. The summed E-state index contributed by atoms with van der Waals surface area (Å²) in [6, 6.07) is 7.15. The summed E-state index contributed by atoms with van der Waals surface area (Å²) in [6.45, 7) is -0.239. The summed E-state index contributed by atoms with van der Waals surface area (Å²) in [5.41, 5.74) is 0.509. The second-order valence-electron chi connectivity index (χ2n) is 6.00. The highest BCUT2D eigenvalue weighted by Crippen LogP contribution is 2.28. The minimum atomic E-state index is -3.86. The van der Waals surface area contributed by atoms with Crippen molar-refractivity contribution in [3.63, 3.8) is 0 Å². The number of fused-ring (bicyclic) bond motifs is 1. The maximum absolute atomic E-state index is 12.6. The number of oxazole rings is 1. The number of aromatic amines is 1. The normalized spacial score (nSPS) is 16.8. The van der Waals surface area contributed by atoms with Crippen LogP contribution in [0.3, 0.4) is 0 Å². The van der Waals surface area contributed by atoms with E-state index >= 15 is 0 Å². The predicted molar refractivity (Wildman–Crippen MR) is 90.7 cm³/mol. The van der Waals surface area contributed by atoms with Gasteiger partial charge in [-0.05, 0) is 30.3 Å². The molecule has 9 nitrogen and oxygen atoms in total. The van der Waals surface area contributed by atoms with Crippen molar-refractivity contribution in [2.45, 2.75) is 15.9 Å². The molecule has 1 saturated heterocycles. The fraction of sp³-hybridized carbons (Fsp3) is 0.267. The van der Waals surface area contributed by atoms with E-state index in [2.05, 4.69) is 4.98 Å². The Morgan fingerprint density at radius 3 is 2.62 bits per heavy atom. The number of H-pyrrole nitrogens is 1. The molecule has 1 N–H and O–H groups in total. The van der Waals surface area contributed by atoms with Gasteiger partial charge in [0.05, 0.1) is 21.9 Å². The SMILES string of the molecule is O=c1[nH]c2cc(S(=O)(=O)N3CC(S(=O)(=O)Cc4ccco4)C3)ccc2o1. The fourth-order valence-corrected chi connectivity index (χ4v) is 6.13. The van der Waals surface area contributed by atoms with Gasteiger partial charge in [-0.1, -0.05) is 0 Å². The average Bonchev–Trinajstić information content (AvgIpc) is 3.11. The molecule has 4 rings (SSSR count). The van der Waals surface area contributed by atoms with Gasteiger partial charge in [0.1, 0.15) is 11.5 Å². The van der Waals surface area contributed by atoms with Crippen LogP contribution in [0.15, 0.2) is 55.1 Å². The van der Waals surface area contributed by atoms with Crippen molar-refractivity contribution in [3.05, 3.63) is 52.9 Å². The van der Waals surface area contributed by atoms with E-state index < -0.39 is 30.9 Å². The first-order valence-corrected chi connectivity index (χ1v) is 10.8. The van der Waals surface area contributed by atoms with E-state index in [0.29, 0.717) is 5.76 Å². The van der Waals surface area contributed by atoms with Crippen LogP contribution >= 0.6 is 0 Å². The molecule has 138 valence electrons. The summed E-state index contributed by atoms with van der Waals surface area (Å²) >= 11 is 0. The molecule has 0 amide bonds. The first-order valence-electron chi connectivity index (χ1n) is 7.63. The molecule has 1 aromatic carbocycles. The summed E-state index contributed by atoms with van der Waals surface area (Å²) < 4.78 is 60.9. The van der Waals surface area contributed by atoms with Crippen molar-refractivity contribution in [2.75, 3.05) is 13.1 Å². The second kappa shape index (κ2) is 5.83. The van der Waals surface area contributed by atoms with Gasteiger partial charge in [0.15, 0.2) is 15.4 Å². The standard InChI is InChI=1S/C15H14N2O7S2/c18-15-16-13-6-11(3-4-14(13)24-15)26(21,22)17-7-12(8-17)25(19,20)9-10-2-1-5-23-10/h1-6,12H,7-9H2,(H,16,18). The van der Waals surface area contributed by atoms with E-state index in [1.54, 1.807) is 12.1 Å². The zero-order valence-corrected chi connectivity index (χ0v) is 14.9. The van der Waals surface area contributed by atoms with Crippen LogP contribution in [0.1, 0.15) is 5.76 Å². The number of sulfone groups is 1. The van der Waals surface area contributed by atoms with Gasteiger partial charge in [0, 0.05) is 13.1 Å². The third kappa shape index (κ3) is 2.87. The summed E-state index contributed by atoms with van der Waals surface area (Å²) in [5, 5.41) is -0.778. The fourth-order valence-electron chi connectivity index (χ4n) is 2.78. The highest BCUT2D eigenvalue weighted by molar-refractivity contribution is 7.92. The summed E-state index contributed by atoms with van der Waals surface area (Å²) in [5.74, 6) is -0.621. The highest BCUT2D eigenvalue weighted by Gasteiger charge is 2.43. The van der Waals surface area contributed by atoms with Crippen LogP contribution in [-0.2, 0) is 25.6 Å². The molecule has 1 fully saturated rings. The van der Waals surface area contributed by atoms with Crippen molar-refractivity contribution >= 4 is 31.0 Å². The lowest BCUT2D eigenvalue weighted by atomic mass is 10.3. The summed E-state index contributed by atoms with van der Waals surface area (Å²) in [6.07, 6.45) is 1.39. The quantitative estimate of drug-likeness (QED) is 0.669. The smallest absolute Gasteiger partial charge is 0.417 e. The summed E-state index contributed by atoms with van der Waals surface area (Å²) in [7, 11) is -7.37. The maximum atomic E-state index is 12.6. The number of nitrogens with one attached hydrogen (secondary N) is 1. The van der Waals surface area contributed by atoms with Gasteiger partial charge in [-0.3, -0.25) is 4.98 Å². The second-order valence-corrected chi connectivity index (χ2v) is 10.2. The molecule has 0 radical (unpaired) electrons. The average molecular weight is 398 g/mol. The van der Waals surface area contributed by atoms with Gasteiger partial charge in [0.2, 0.25) is 10.0 Å². The van der Waals surface area contributed by atoms with Crippen LogP contribution in [0.2, 0.25) is 0 Å². The van der Waals surface area contributed by atoms with Crippen LogP contribution < -0.4 is 5.76 Å². The van der Waals surface area contributed by atoms with E-state index in [1.807, 2.05) is 0 Å². The molecule has 0 aliphatic carbocycles. The van der Waals surface area contributed by atoms with E-state index in [9.17, 15) is 21.6 Å². The van der Waals surface area contributed by atoms with E-state index in [1.165, 1.54) is 24.5 Å². The number of hydrogen-bond acceptors (Lipinski definition) is 7. The number of nitrogens with zero attached hydrogens (tertiary/aromatic N) is 1. The monoisotopic (exact) mass is 398 g/mol. The van der Waals surface area contributed by atoms with Gasteiger partial charge in [0.25, 0.3) is 0 Å². The molecule has 26 heavy (non-hydrogen) atoms. The predicted octanol–water partition coefficient (Wildman–Crippen LogP) is 0.702. The molecule has 3 aromatic rings. The number of rotatable bonds is 5. The van der Waals surface area contributed by atoms with E-state index in [4.69, 9.17) is 8.83 Å². The van der Waals surface area contributed by atoms with E-state index in [-0.39, 0.29) is 34.8 Å². The Balaban J connectivity index is 1.52. The Kier molecular flexibility index (Phi) is 3.82. The maximum Gasteiger partial charge on any atom is 0.417 e. The van der Waals surface area contributed by atoms with Gasteiger partial charge in [-0.25, -0.2) is 21.6 Å². The van der Waals surface area contributed by atoms with Crippen LogP contribution in [0.5, 0.6) is 0 Å². The third-order valence-electron chi connectivity index (χ3n) is 4.27. The molecule has 0 atom stereocenters. The molecule has 1 aliphatic rings. The topological polar surface area (TPSA) is 131 Å². The van der Waals surface area contributed by atoms with E-state index in [0.717, 1.165) is 4.31 Å². The van der Waals surface area contributed by atoms with Gasteiger partial charge in [-0.2, -0.15) is 4.31 Å². The van der Waals surface area contributed by atoms with Gasteiger partial charge >= 0.3 is 5.76 Å². The Labute approximate surface area is 148 Å². The molecular formula is C15H14N2O7S2. The third-order valence-corrected chi connectivity index (χ3v) is 8.10. The highest BCUT2D eigenvalue weighted by atomic mass is 32.2. The molecule has 11 heteroatoms. The minimum absolute atomic E-state index is 0.0380. The number of benzene rings is 1. The molecule has 0 unspecified atom stereocenters. The van der Waals surface area contributed by atoms with Gasteiger partial charge < -0.3 is 8.83 Å². The molecule has 2 aromatic heterocycles. The van der Waals surface area contributed by atoms with Crippen LogP contribution in [-0.4, -0.2) is 44.5 Å². The van der Waals surface area contributed by atoms with Crippen LogP contribution in [0, 0.1) is 0 Å². The largest absolute Gasteiger partial charge is 0.468 e. The molecule has 0 saturated carbocycles. The number of sulfonamides is 1. The minimum Gasteiger partial charge on any atom is -0.468 e. The number of aromatic nitrogens is 1. The zero-order chi connectivity index (χ0) is 18.5. The van der Waals surface area contributed by atoms with Gasteiger partial charge in [-0.15, -0.1) is 0 Å². The lowest BCUT2D eigenvalue weighted by Gasteiger charge is -2.37. The lowest BCUT2D eigenvalue weighted by molar-refractivity contribution is 0.309. The first kappa shape index (κ1) is 17.1. The summed E-state index contributed by atoms with van der Waals surface area (Å²) in [4.78, 5) is 13.5. The molecule has 1 aliphatic heterocycles. The zero-order valence-electron chi connectivity index (χ0n) is 13.3. The van der Waals surface area contributed by atoms with Crippen molar-refractivity contribution in [1.82, 2.24) is 9.29 Å². The molecular weight excluding hydrogens is 384 g/mol. The number of hydrogen-bond donors (Lipinski definition) is 1. The lowest BCUT2D eigenvalue weighted by Crippen LogP contribution is -2.56. The molecule has 0 bridgehead atoms. The van der Waals surface area contributed by atoms with Crippen LogP contribution in [0.4, 0.5) is 0 Å². The molecule has 0 spiro atoms. The Morgan fingerprint density at radius 1 is 1.15 bits per heavy atom. The van der Waals surface area contributed by atoms with Crippen molar-refractivity contribution in [3.8, 4) is 0 Å². The Morgan fingerprint density at radius 2 is 1.92 bits per heavy atom. The Bertz CT molecular complexity index is 1210.